The topological polar surface area (TPSA) is 17.1 Å². The van der Waals surface area contributed by atoms with Crippen LogP contribution in [0.3, 0.4) is 0 Å². The van der Waals surface area contributed by atoms with Gasteiger partial charge in [-0.25, -0.2) is 4.39 Å². The van der Waals surface area contributed by atoms with Crippen LogP contribution in [0.15, 0.2) is 12.1 Å². The lowest BCUT2D eigenvalue weighted by molar-refractivity contribution is 0.112. The van der Waals surface area contributed by atoms with Crippen LogP contribution in [-0.4, -0.2) is 6.29 Å². The van der Waals surface area contributed by atoms with Crippen LogP contribution in [0.1, 0.15) is 15.9 Å². The summed E-state index contributed by atoms with van der Waals surface area (Å²) in [6.45, 7) is 1.78. The minimum Gasteiger partial charge on any atom is -0.298 e. The summed E-state index contributed by atoms with van der Waals surface area (Å²) in [5.74, 6) is -0.356. The van der Waals surface area contributed by atoms with Crippen molar-refractivity contribution in [2.45, 2.75) is 6.92 Å². The predicted molar refractivity (Wildman–Crippen MR) is 49.2 cm³/mol. The van der Waals surface area contributed by atoms with Gasteiger partial charge in [-0.15, -0.1) is 0 Å². The number of halogens is 2. The number of carbonyl (C=O) groups is 1. The SMILES string of the molecule is Cc1cc(F)cc(C=O)c1I. The van der Waals surface area contributed by atoms with E-state index >= 15 is 0 Å². The number of hydrogen-bond donors (Lipinski definition) is 0. The van der Waals surface area contributed by atoms with Crippen molar-refractivity contribution in [1.29, 1.82) is 0 Å². The van der Waals surface area contributed by atoms with Crippen molar-refractivity contribution in [2.24, 2.45) is 0 Å². The lowest BCUT2D eigenvalue weighted by atomic mass is 10.1. The van der Waals surface area contributed by atoms with E-state index in [-0.39, 0.29) is 5.82 Å². The highest BCUT2D eigenvalue weighted by Crippen LogP contribution is 2.16. The summed E-state index contributed by atoms with van der Waals surface area (Å²) in [6, 6.07) is 2.65. The Kier molecular flexibility index (Phi) is 2.59. The van der Waals surface area contributed by atoms with Gasteiger partial charge in [0.25, 0.3) is 0 Å². The zero-order valence-electron chi connectivity index (χ0n) is 5.90. The number of aldehydes is 1. The monoisotopic (exact) mass is 264 g/mol. The van der Waals surface area contributed by atoms with E-state index in [2.05, 4.69) is 0 Å². The summed E-state index contributed by atoms with van der Waals surface area (Å²) in [4.78, 5) is 10.4. The first-order chi connectivity index (χ1) is 5.15. The molecule has 0 saturated carbocycles. The number of benzene rings is 1. The summed E-state index contributed by atoms with van der Waals surface area (Å²) in [5.41, 5.74) is 1.22. The third-order valence-corrected chi connectivity index (χ3v) is 2.85. The average molecular weight is 264 g/mol. The van der Waals surface area contributed by atoms with Crippen molar-refractivity contribution in [1.82, 2.24) is 0 Å². The molecule has 0 spiro atoms. The molecule has 58 valence electrons. The maximum Gasteiger partial charge on any atom is 0.151 e. The highest BCUT2D eigenvalue weighted by atomic mass is 127. The van der Waals surface area contributed by atoms with Crippen LogP contribution in [-0.2, 0) is 0 Å². The molecule has 1 aromatic carbocycles. The fourth-order valence-electron chi connectivity index (χ4n) is 0.837. The standard InChI is InChI=1S/C8H6FIO/c1-5-2-7(9)3-6(4-11)8(5)10/h2-4H,1H3. The second-order valence-corrected chi connectivity index (χ2v) is 3.32. The first-order valence-electron chi connectivity index (χ1n) is 3.06. The largest absolute Gasteiger partial charge is 0.298 e. The van der Waals surface area contributed by atoms with Crippen LogP contribution in [0, 0.1) is 16.3 Å². The zero-order chi connectivity index (χ0) is 8.43. The summed E-state index contributed by atoms with van der Waals surface area (Å²) in [5, 5.41) is 0. The number of aryl methyl sites for hydroxylation is 1. The van der Waals surface area contributed by atoms with Crippen molar-refractivity contribution in [3.8, 4) is 0 Å². The van der Waals surface area contributed by atoms with E-state index in [9.17, 15) is 9.18 Å². The average Bonchev–Trinajstić information content (AvgIpc) is 1.96. The van der Waals surface area contributed by atoms with Crippen molar-refractivity contribution in [3.63, 3.8) is 0 Å². The van der Waals surface area contributed by atoms with E-state index in [4.69, 9.17) is 0 Å². The van der Waals surface area contributed by atoms with Gasteiger partial charge in [-0.2, -0.15) is 0 Å². The summed E-state index contributed by atoms with van der Waals surface area (Å²) < 4.78 is 13.5. The van der Waals surface area contributed by atoms with Gasteiger partial charge >= 0.3 is 0 Å². The molecule has 1 nitrogen and oxygen atoms in total. The van der Waals surface area contributed by atoms with Gasteiger partial charge in [0.1, 0.15) is 5.82 Å². The predicted octanol–water partition coefficient (Wildman–Crippen LogP) is 2.55. The zero-order valence-corrected chi connectivity index (χ0v) is 8.05. The molecular formula is C8H6FIO. The Morgan fingerprint density at radius 1 is 1.55 bits per heavy atom. The first kappa shape index (κ1) is 8.64. The molecule has 0 N–H and O–H groups in total. The molecule has 0 aliphatic rings. The number of rotatable bonds is 1. The second kappa shape index (κ2) is 3.30. The minimum atomic E-state index is -0.356. The van der Waals surface area contributed by atoms with E-state index in [0.717, 1.165) is 9.13 Å². The van der Waals surface area contributed by atoms with Crippen molar-refractivity contribution < 1.29 is 9.18 Å². The Morgan fingerprint density at radius 3 is 2.73 bits per heavy atom. The van der Waals surface area contributed by atoms with Crippen molar-refractivity contribution in [3.05, 3.63) is 32.6 Å². The number of carbonyl (C=O) groups excluding carboxylic acids is 1. The quantitative estimate of drug-likeness (QED) is 0.562. The second-order valence-electron chi connectivity index (χ2n) is 2.24. The van der Waals surface area contributed by atoms with E-state index in [1.165, 1.54) is 12.1 Å². The molecule has 0 atom stereocenters. The van der Waals surface area contributed by atoms with Gasteiger partial charge in [-0.1, -0.05) is 0 Å². The Bertz CT molecular complexity index is 296. The molecule has 1 aromatic rings. The molecule has 3 heteroatoms. The molecule has 0 aliphatic carbocycles. The summed E-state index contributed by atoms with van der Waals surface area (Å²) in [6.07, 6.45) is 0.665. The van der Waals surface area contributed by atoms with E-state index in [0.29, 0.717) is 11.8 Å². The minimum absolute atomic E-state index is 0.356. The van der Waals surface area contributed by atoms with Crippen molar-refractivity contribution >= 4 is 28.9 Å². The Balaban J connectivity index is 3.35. The lowest BCUT2D eigenvalue weighted by Crippen LogP contribution is -1.91. The van der Waals surface area contributed by atoms with E-state index in [1.807, 2.05) is 22.6 Å². The highest BCUT2D eigenvalue weighted by molar-refractivity contribution is 14.1. The molecule has 0 fully saturated rings. The Labute approximate surface area is 77.8 Å². The van der Waals surface area contributed by atoms with E-state index in [1.54, 1.807) is 6.92 Å². The van der Waals surface area contributed by atoms with Crippen molar-refractivity contribution in [2.75, 3.05) is 0 Å². The van der Waals surface area contributed by atoms with Gasteiger partial charge in [0, 0.05) is 9.13 Å². The van der Waals surface area contributed by atoms with Gasteiger partial charge in [-0.05, 0) is 47.2 Å². The number of hydrogen-bond acceptors (Lipinski definition) is 1. The molecule has 0 saturated heterocycles. The molecule has 0 bridgehead atoms. The molecule has 0 amide bonds. The molecule has 0 aromatic heterocycles. The third-order valence-electron chi connectivity index (χ3n) is 1.37. The molecule has 1 rings (SSSR count). The van der Waals surface area contributed by atoms with Crippen LogP contribution in [0.4, 0.5) is 4.39 Å². The van der Waals surface area contributed by atoms with Crippen LogP contribution < -0.4 is 0 Å². The van der Waals surface area contributed by atoms with Crippen LogP contribution >= 0.6 is 22.6 Å². The van der Waals surface area contributed by atoms with Gasteiger partial charge in [0.15, 0.2) is 6.29 Å². The summed E-state index contributed by atoms with van der Waals surface area (Å²) in [7, 11) is 0. The van der Waals surface area contributed by atoms with Gasteiger partial charge in [-0.3, -0.25) is 4.79 Å². The van der Waals surface area contributed by atoms with Gasteiger partial charge in [0.05, 0.1) is 0 Å². The molecule has 0 radical (unpaired) electrons. The van der Waals surface area contributed by atoms with E-state index < -0.39 is 0 Å². The maximum absolute atomic E-state index is 12.6. The molecule has 0 unspecified atom stereocenters. The Hall–Kier alpha value is -0.450. The third kappa shape index (κ3) is 1.77. The first-order valence-corrected chi connectivity index (χ1v) is 4.14. The molecular weight excluding hydrogens is 258 g/mol. The molecule has 11 heavy (non-hydrogen) atoms. The fraction of sp³-hybridized carbons (Fsp3) is 0.125. The fourth-order valence-corrected chi connectivity index (χ4v) is 1.28. The van der Waals surface area contributed by atoms with Gasteiger partial charge < -0.3 is 0 Å². The van der Waals surface area contributed by atoms with Crippen LogP contribution in [0.2, 0.25) is 0 Å². The molecule has 0 aliphatic heterocycles. The van der Waals surface area contributed by atoms with Crippen LogP contribution in [0.25, 0.3) is 0 Å². The summed E-state index contributed by atoms with van der Waals surface area (Å²) >= 11 is 2.02. The highest BCUT2D eigenvalue weighted by Gasteiger charge is 2.03. The molecule has 0 heterocycles. The normalized spacial score (nSPS) is 9.73. The van der Waals surface area contributed by atoms with Gasteiger partial charge in [0.2, 0.25) is 0 Å². The van der Waals surface area contributed by atoms with Crippen LogP contribution in [0.5, 0.6) is 0 Å². The maximum atomic E-state index is 12.6. The Morgan fingerprint density at radius 2 is 2.18 bits per heavy atom. The smallest absolute Gasteiger partial charge is 0.151 e. The lowest BCUT2D eigenvalue weighted by Gasteiger charge is -2.00.